The molecule has 2 amide bonds. The van der Waals surface area contributed by atoms with Crippen molar-refractivity contribution in [3.63, 3.8) is 0 Å². The summed E-state index contributed by atoms with van der Waals surface area (Å²) in [5.41, 5.74) is 1.64. The number of amides is 2. The number of nitrogens with zero attached hydrogens (tertiary/aromatic N) is 1. The van der Waals surface area contributed by atoms with Crippen molar-refractivity contribution < 1.29 is 19.4 Å². The van der Waals surface area contributed by atoms with Gasteiger partial charge in [-0.05, 0) is 44.4 Å². The largest absolute Gasteiger partial charge is 0.394 e. The Morgan fingerprint density at radius 2 is 2.00 bits per heavy atom. The molecule has 0 unspecified atom stereocenters. The molecule has 2 atom stereocenters. The minimum Gasteiger partial charge on any atom is -0.394 e. The predicted octanol–water partition coefficient (Wildman–Crippen LogP) is 1.70. The Morgan fingerprint density at radius 3 is 2.54 bits per heavy atom. The Bertz CT molecular complexity index is 610. The van der Waals surface area contributed by atoms with Crippen molar-refractivity contribution in [2.45, 2.75) is 44.9 Å². The highest BCUT2D eigenvalue weighted by molar-refractivity contribution is 5.94. The van der Waals surface area contributed by atoms with Gasteiger partial charge in [0.1, 0.15) is 12.7 Å². The molecular weight excluding hydrogens is 308 g/mol. The highest BCUT2D eigenvalue weighted by Gasteiger charge is 2.38. The van der Waals surface area contributed by atoms with Crippen LogP contribution in [0, 0.1) is 5.92 Å². The molecule has 0 radical (unpaired) electrons. The van der Waals surface area contributed by atoms with Crippen molar-refractivity contribution in [3.05, 3.63) is 29.8 Å². The molecule has 1 saturated heterocycles. The van der Waals surface area contributed by atoms with E-state index in [0.717, 1.165) is 24.1 Å². The molecule has 1 aliphatic carbocycles. The van der Waals surface area contributed by atoms with E-state index in [1.165, 1.54) is 0 Å². The van der Waals surface area contributed by atoms with Crippen LogP contribution in [0.4, 0.5) is 5.69 Å². The van der Waals surface area contributed by atoms with Crippen LogP contribution in [-0.2, 0) is 14.3 Å². The maximum Gasteiger partial charge on any atom is 0.249 e. The van der Waals surface area contributed by atoms with Gasteiger partial charge in [0.2, 0.25) is 11.8 Å². The van der Waals surface area contributed by atoms with E-state index < -0.39 is 6.04 Å². The van der Waals surface area contributed by atoms with Gasteiger partial charge in [0.25, 0.3) is 0 Å². The van der Waals surface area contributed by atoms with Gasteiger partial charge in [-0.2, -0.15) is 0 Å². The van der Waals surface area contributed by atoms with Gasteiger partial charge in [0, 0.05) is 17.6 Å². The third-order valence-electron chi connectivity index (χ3n) is 4.58. The summed E-state index contributed by atoms with van der Waals surface area (Å²) >= 11 is 0. The highest BCUT2D eigenvalue weighted by Crippen LogP contribution is 2.32. The third kappa shape index (κ3) is 3.44. The lowest BCUT2D eigenvalue weighted by atomic mass is 9.98. The molecule has 130 valence electrons. The first-order valence-corrected chi connectivity index (χ1v) is 8.45. The first kappa shape index (κ1) is 16.9. The van der Waals surface area contributed by atoms with Crippen LogP contribution >= 0.6 is 0 Å². The van der Waals surface area contributed by atoms with E-state index in [9.17, 15) is 14.7 Å². The van der Waals surface area contributed by atoms with Gasteiger partial charge in [-0.15, -0.1) is 0 Å². The summed E-state index contributed by atoms with van der Waals surface area (Å²) in [6, 6.07) is 7.03. The summed E-state index contributed by atoms with van der Waals surface area (Å²) in [5.74, 6) is 0.130. The fourth-order valence-corrected chi connectivity index (χ4v) is 3.20. The van der Waals surface area contributed by atoms with Crippen molar-refractivity contribution >= 4 is 17.5 Å². The van der Waals surface area contributed by atoms with Gasteiger partial charge in [-0.1, -0.05) is 12.1 Å². The Kier molecular flexibility index (Phi) is 4.87. The predicted molar refractivity (Wildman–Crippen MR) is 89.3 cm³/mol. The number of benzene rings is 1. The van der Waals surface area contributed by atoms with Crippen LogP contribution < -0.4 is 5.32 Å². The van der Waals surface area contributed by atoms with Crippen LogP contribution in [0.5, 0.6) is 0 Å². The summed E-state index contributed by atoms with van der Waals surface area (Å²) in [6.07, 6.45) is 1.57. The standard InChI is InChI=1S/C18H24N2O4/c1-11(2)20-15(9-21)17(24-10-16(20)22)12-5-7-14(8-6-12)19-18(23)13-3-4-13/h5-8,11,13,15,17,21H,3-4,9-10H2,1-2H3,(H,19,23)/t15-,17-/m1/s1. The maximum atomic E-state index is 12.1. The van der Waals surface area contributed by atoms with Crippen LogP contribution in [0.15, 0.2) is 24.3 Å². The Labute approximate surface area is 141 Å². The second kappa shape index (κ2) is 6.91. The molecule has 1 aliphatic heterocycles. The zero-order valence-electron chi connectivity index (χ0n) is 14.1. The maximum absolute atomic E-state index is 12.1. The van der Waals surface area contributed by atoms with Gasteiger partial charge >= 0.3 is 0 Å². The van der Waals surface area contributed by atoms with E-state index in [1.807, 2.05) is 38.1 Å². The molecule has 1 aromatic carbocycles. The zero-order chi connectivity index (χ0) is 17.3. The minimum atomic E-state index is -0.404. The lowest BCUT2D eigenvalue weighted by Gasteiger charge is -2.42. The summed E-state index contributed by atoms with van der Waals surface area (Å²) < 4.78 is 5.69. The average molecular weight is 332 g/mol. The van der Waals surface area contributed by atoms with E-state index in [0.29, 0.717) is 0 Å². The van der Waals surface area contributed by atoms with Crippen LogP contribution in [0.3, 0.4) is 0 Å². The molecule has 0 aromatic heterocycles. The van der Waals surface area contributed by atoms with Crippen LogP contribution in [-0.4, -0.2) is 47.1 Å². The van der Waals surface area contributed by atoms with Crippen LogP contribution in [0.1, 0.15) is 38.4 Å². The van der Waals surface area contributed by atoms with Gasteiger partial charge in [0.05, 0.1) is 12.6 Å². The van der Waals surface area contributed by atoms with Gasteiger partial charge < -0.3 is 20.1 Å². The summed E-state index contributed by atoms with van der Waals surface area (Å²) in [4.78, 5) is 25.6. The van der Waals surface area contributed by atoms with Gasteiger partial charge in [-0.3, -0.25) is 9.59 Å². The van der Waals surface area contributed by atoms with Crippen molar-refractivity contribution in [2.75, 3.05) is 18.5 Å². The second-order valence-electron chi connectivity index (χ2n) is 6.76. The van der Waals surface area contributed by atoms with E-state index in [2.05, 4.69) is 5.32 Å². The van der Waals surface area contributed by atoms with E-state index >= 15 is 0 Å². The number of aliphatic hydroxyl groups excluding tert-OH is 1. The molecule has 24 heavy (non-hydrogen) atoms. The first-order valence-electron chi connectivity index (χ1n) is 8.45. The van der Waals surface area contributed by atoms with Crippen molar-refractivity contribution in [3.8, 4) is 0 Å². The number of carbonyl (C=O) groups is 2. The third-order valence-corrected chi connectivity index (χ3v) is 4.58. The Hall–Kier alpha value is -1.92. The number of hydrogen-bond donors (Lipinski definition) is 2. The molecule has 6 heteroatoms. The van der Waals surface area contributed by atoms with Crippen molar-refractivity contribution in [1.29, 1.82) is 0 Å². The van der Waals surface area contributed by atoms with Gasteiger partial charge in [-0.25, -0.2) is 0 Å². The minimum absolute atomic E-state index is 0.00171. The SMILES string of the molecule is CC(C)N1C(=O)CO[C@H](c2ccc(NC(=O)C3CC3)cc2)[C@H]1CO. The Balaban J connectivity index is 1.74. The molecule has 0 spiro atoms. The topological polar surface area (TPSA) is 78.9 Å². The fourth-order valence-electron chi connectivity index (χ4n) is 3.20. The number of hydrogen-bond acceptors (Lipinski definition) is 4. The molecule has 2 aliphatic rings. The van der Waals surface area contributed by atoms with Crippen LogP contribution in [0.2, 0.25) is 0 Å². The van der Waals surface area contributed by atoms with Crippen molar-refractivity contribution in [1.82, 2.24) is 4.90 Å². The lowest BCUT2D eigenvalue weighted by Crippen LogP contribution is -2.55. The quantitative estimate of drug-likeness (QED) is 0.860. The van der Waals surface area contributed by atoms with E-state index in [-0.39, 0.29) is 43.1 Å². The number of anilines is 1. The molecule has 1 saturated carbocycles. The number of morpholine rings is 1. The first-order chi connectivity index (χ1) is 11.5. The summed E-state index contributed by atoms with van der Waals surface area (Å²) in [7, 11) is 0. The normalized spacial score (nSPS) is 24.3. The number of aliphatic hydroxyl groups is 1. The molecule has 3 rings (SSSR count). The highest BCUT2D eigenvalue weighted by atomic mass is 16.5. The molecule has 6 nitrogen and oxygen atoms in total. The van der Waals surface area contributed by atoms with E-state index in [4.69, 9.17) is 4.74 Å². The number of nitrogens with one attached hydrogen (secondary N) is 1. The summed E-state index contributed by atoms with van der Waals surface area (Å²) in [5, 5.41) is 12.7. The smallest absolute Gasteiger partial charge is 0.249 e. The lowest BCUT2D eigenvalue weighted by molar-refractivity contribution is -0.164. The molecule has 2 fully saturated rings. The fraction of sp³-hybridized carbons (Fsp3) is 0.556. The second-order valence-corrected chi connectivity index (χ2v) is 6.76. The number of carbonyl (C=O) groups excluding carboxylic acids is 2. The molecule has 1 aromatic rings. The Morgan fingerprint density at radius 1 is 1.33 bits per heavy atom. The van der Waals surface area contributed by atoms with E-state index in [1.54, 1.807) is 4.90 Å². The van der Waals surface area contributed by atoms with Crippen molar-refractivity contribution in [2.24, 2.45) is 5.92 Å². The zero-order valence-corrected chi connectivity index (χ0v) is 14.1. The number of rotatable bonds is 5. The summed E-state index contributed by atoms with van der Waals surface area (Å²) in [6.45, 7) is 3.72. The molecule has 2 N–H and O–H groups in total. The van der Waals surface area contributed by atoms with Crippen LogP contribution in [0.25, 0.3) is 0 Å². The molecule has 1 heterocycles. The molecular formula is C18H24N2O4. The van der Waals surface area contributed by atoms with Gasteiger partial charge in [0.15, 0.2) is 0 Å². The monoisotopic (exact) mass is 332 g/mol. The molecule has 0 bridgehead atoms. The number of ether oxygens (including phenoxy) is 1. The average Bonchev–Trinajstić information content (AvgIpc) is 3.40.